The molecule has 0 fully saturated rings. The van der Waals surface area contributed by atoms with E-state index in [0.29, 0.717) is 21.8 Å². The molecule has 0 spiro atoms. The van der Waals surface area contributed by atoms with Crippen LogP contribution in [0.25, 0.3) is 16.6 Å². The summed E-state index contributed by atoms with van der Waals surface area (Å²) in [5.41, 5.74) is 2.64. The van der Waals surface area contributed by atoms with Gasteiger partial charge < -0.3 is 9.72 Å². The highest BCUT2D eigenvalue weighted by Gasteiger charge is 2.24. The third-order valence-electron chi connectivity index (χ3n) is 4.36. The molecule has 4 aromatic rings. The van der Waals surface area contributed by atoms with Crippen LogP contribution in [0, 0.1) is 5.82 Å². The molecule has 4 nitrogen and oxygen atoms in total. The maximum Gasteiger partial charge on any atom is 0.298 e. The highest BCUT2D eigenvalue weighted by Crippen LogP contribution is 2.29. The van der Waals surface area contributed by atoms with Gasteiger partial charge in [0.25, 0.3) is 11.7 Å². The number of ketones is 1. The molecule has 0 aliphatic heterocycles. The Morgan fingerprint density at radius 3 is 2.36 bits per heavy atom. The molecule has 0 unspecified atom stereocenters. The van der Waals surface area contributed by atoms with Crippen LogP contribution in [0.15, 0.2) is 79.0 Å². The molecule has 4 rings (SSSR count). The molecule has 0 aliphatic rings. The first-order chi connectivity index (χ1) is 13.5. The molecule has 0 atom stereocenters. The van der Waals surface area contributed by atoms with Gasteiger partial charge in [-0.25, -0.2) is 4.39 Å². The van der Waals surface area contributed by atoms with E-state index >= 15 is 0 Å². The highest BCUT2D eigenvalue weighted by atomic mass is 35.5. The number of pyridine rings is 1. The molecule has 0 saturated carbocycles. The third kappa shape index (κ3) is 3.40. The van der Waals surface area contributed by atoms with Gasteiger partial charge in [0.1, 0.15) is 11.5 Å². The molecule has 0 saturated heterocycles. The Hall–Kier alpha value is -3.44. The number of nitrogens with zero attached hydrogens (tertiary/aromatic N) is 1. The lowest BCUT2D eigenvalue weighted by Crippen LogP contribution is -2.24. The summed E-state index contributed by atoms with van der Waals surface area (Å²) in [4.78, 5) is 25.6. The van der Waals surface area contributed by atoms with Crippen LogP contribution in [-0.2, 0) is 4.79 Å². The van der Waals surface area contributed by atoms with Gasteiger partial charge in [-0.2, -0.15) is 0 Å². The SMILES string of the molecule is O=C(Nc1ccc(Cl)cc1)C(=O)c1c(-c2ccc(F)cc2)cc2ccccn12. The summed E-state index contributed by atoms with van der Waals surface area (Å²) in [6.45, 7) is 0. The van der Waals surface area contributed by atoms with Crippen LogP contribution in [0.2, 0.25) is 5.02 Å². The Labute approximate surface area is 165 Å². The van der Waals surface area contributed by atoms with Crippen molar-refractivity contribution in [3.63, 3.8) is 0 Å². The summed E-state index contributed by atoms with van der Waals surface area (Å²) in [5, 5.41) is 3.12. The largest absolute Gasteiger partial charge is 0.319 e. The van der Waals surface area contributed by atoms with Gasteiger partial charge >= 0.3 is 0 Å². The number of fused-ring (bicyclic) bond motifs is 1. The Morgan fingerprint density at radius 2 is 1.64 bits per heavy atom. The minimum Gasteiger partial charge on any atom is -0.319 e. The topological polar surface area (TPSA) is 50.6 Å². The number of carbonyl (C=O) groups excluding carboxylic acids is 2. The number of anilines is 1. The van der Waals surface area contributed by atoms with Crippen molar-refractivity contribution >= 4 is 34.5 Å². The number of hydrogen-bond acceptors (Lipinski definition) is 2. The fraction of sp³-hybridized carbons (Fsp3) is 0. The van der Waals surface area contributed by atoms with Gasteiger partial charge in [0.05, 0.1) is 0 Å². The fourth-order valence-corrected chi connectivity index (χ4v) is 3.16. The Kier molecular flexibility index (Phi) is 4.67. The van der Waals surface area contributed by atoms with Crippen molar-refractivity contribution in [2.45, 2.75) is 0 Å². The van der Waals surface area contributed by atoms with E-state index < -0.39 is 11.7 Å². The second kappa shape index (κ2) is 7.29. The van der Waals surface area contributed by atoms with Crippen molar-refractivity contribution < 1.29 is 14.0 Å². The molecule has 0 bridgehead atoms. The van der Waals surface area contributed by atoms with E-state index in [1.165, 1.54) is 12.1 Å². The lowest BCUT2D eigenvalue weighted by Gasteiger charge is -2.08. The van der Waals surface area contributed by atoms with Crippen LogP contribution in [0.5, 0.6) is 0 Å². The number of aromatic nitrogens is 1. The molecule has 2 aromatic carbocycles. The minimum absolute atomic E-state index is 0.216. The average molecular weight is 393 g/mol. The normalized spacial score (nSPS) is 10.8. The van der Waals surface area contributed by atoms with E-state index in [9.17, 15) is 14.0 Å². The molecule has 28 heavy (non-hydrogen) atoms. The first kappa shape index (κ1) is 17.9. The predicted octanol–water partition coefficient (Wildman–Crippen LogP) is 5.22. The van der Waals surface area contributed by atoms with E-state index in [1.54, 1.807) is 59.1 Å². The molecule has 138 valence electrons. The summed E-state index contributed by atoms with van der Waals surface area (Å²) in [6.07, 6.45) is 1.71. The number of nitrogens with one attached hydrogen (secondary N) is 1. The number of Topliss-reactive ketones (excluding diaryl/α,β-unsaturated/α-hetero) is 1. The first-order valence-corrected chi connectivity index (χ1v) is 8.88. The summed E-state index contributed by atoms with van der Waals surface area (Å²) < 4.78 is 15.0. The van der Waals surface area contributed by atoms with Crippen LogP contribution < -0.4 is 5.32 Å². The number of benzene rings is 2. The molecule has 0 radical (unpaired) electrons. The lowest BCUT2D eigenvalue weighted by molar-refractivity contribution is -0.112. The number of amides is 1. The number of hydrogen-bond donors (Lipinski definition) is 1. The zero-order valence-electron chi connectivity index (χ0n) is 14.5. The standard InChI is InChI=1S/C22H14ClFN2O2/c23-15-6-10-17(11-7-15)25-22(28)21(27)20-19(14-4-8-16(24)9-5-14)13-18-3-1-2-12-26(18)20/h1-13H,(H,25,28). The van der Waals surface area contributed by atoms with Crippen LogP contribution in [0.4, 0.5) is 10.1 Å². The van der Waals surface area contributed by atoms with Crippen molar-refractivity contribution in [2.75, 3.05) is 5.32 Å². The second-order valence-electron chi connectivity index (χ2n) is 6.20. The average Bonchev–Trinajstić information content (AvgIpc) is 3.09. The van der Waals surface area contributed by atoms with Crippen molar-refractivity contribution in [3.05, 3.63) is 95.5 Å². The fourth-order valence-electron chi connectivity index (χ4n) is 3.03. The zero-order chi connectivity index (χ0) is 19.7. The van der Waals surface area contributed by atoms with Crippen molar-refractivity contribution in [3.8, 4) is 11.1 Å². The van der Waals surface area contributed by atoms with E-state index in [1.807, 2.05) is 12.1 Å². The molecule has 2 aromatic heterocycles. The molecule has 1 N–H and O–H groups in total. The van der Waals surface area contributed by atoms with Gasteiger partial charge in [-0.15, -0.1) is 0 Å². The van der Waals surface area contributed by atoms with Crippen molar-refractivity contribution in [1.82, 2.24) is 4.40 Å². The predicted molar refractivity (Wildman–Crippen MR) is 107 cm³/mol. The molecule has 2 heterocycles. The first-order valence-electron chi connectivity index (χ1n) is 8.50. The van der Waals surface area contributed by atoms with Gasteiger partial charge in [-0.05, 0) is 60.2 Å². The smallest absolute Gasteiger partial charge is 0.298 e. The van der Waals surface area contributed by atoms with E-state index in [2.05, 4.69) is 5.32 Å². The molecular weight excluding hydrogens is 379 g/mol. The maximum absolute atomic E-state index is 13.3. The number of carbonyl (C=O) groups is 2. The van der Waals surface area contributed by atoms with Crippen molar-refractivity contribution in [2.24, 2.45) is 0 Å². The highest BCUT2D eigenvalue weighted by molar-refractivity contribution is 6.47. The quantitative estimate of drug-likeness (QED) is 0.382. The van der Waals surface area contributed by atoms with Gasteiger partial charge in [-0.1, -0.05) is 29.8 Å². The molecule has 6 heteroatoms. The van der Waals surface area contributed by atoms with Gasteiger partial charge in [0.2, 0.25) is 0 Å². The Morgan fingerprint density at radius 1 is 0.929 bits per heavy atom. The zero-order valence-corrected chi connectivity index (χ0v) is 15.3. The second-order valence-corrected chi connectivity index (χ2v) is 6.64. The van der Waals surface area contributed by atoms with E-state index in [-0.39, 0.29) is 11.5 Å². The minimum atomic E-state index is -0.769. The lowest BCUT2D eigenvalue weighted by atomic mass is 10.0. The summed E-state index contributed by atoms with van der Waals surface area (Å²) in [5.74, 6) is -1.84. The summed E-state index contributed by atoms with van der Waals surface area (Å²) >= 11 is 5.85. The number of halogens is 2. The number of rotatable bonds is 4. The Bertz CT molecular complexity index is 1180. The summed E-state index contributed by atoms with van der Waals surface area (Å²) in [7, 11) is 0. The van der Waals surface area contributed by atoms with E-state index in [4.69, 9.17) is 11.6 Å². The molecule has 1 amide bonds. The maximum atomic E-state index is 13.3. The third-order valence-corrected chi connectivity index (χ3v) is 4.61. The van der Waals surface area contributed by atoms with E-state index in [0.717, 1.165) is 5.52 Å². The van der Waals surface area contributed by atoms with Crippen LogP contribution in [0.3, 0.4) is 0 Å². The molecule has 0 aliphatic carbocycles. The van der Waals surface area contributed by atoms with Crippen molar-refractivity contribution in [1.29, 1.82) is 0 Å². The van der Waals surface area contributed by atoms with Gasteiger partial charge in [0, 0.05) is 28.0 Å². The Balaban J connectivity index is 1.76. The molecular formula is C22H14ClFN2O2. The van der Waals surface area contributed by atoms with Crippen LogP contribution in [0.1, 0.15) is 10.5 Å². The monoisotopic (exact) mass is 392 g/mol. The van der Waals surface area contributed by atoms with Gasteiger partial charge in [0.15, 0.2) is 0 Å². The summed E-state index contributed by atoms with van der Waals surface area (Å²) in [6, 6.07) is 19.5. The van der Waals surface area contributed by atoms with Gasteiger partial charge in [-0.3, -0.25) is 9.59 Å². The van der Waals surface area contributed by atoms with Crippen LogP contribution in [-0.4, -0.2) is 16.1 Å². The van der Waals surface area contributed by atoms with Crippen LogP contribution >= 0.6 is 11.6 Å².